The van der Waals surface area contributed by atoms with E-state index in [0.29, 0.717) is 60.0 Å². The van der Waals surface area contributed by atoms with Crippen molar-refractivity contribution in [2.75, 3.05) is 36.5 Å². The fraction of sp³-hybridized carbons (Fsp3) is 0.208. The van der Waals surface area contributed by atoms with E-state index in [2.05, 4.69) is 30.5 Å². The van der Waals surface area contributed by atoms with Crippen molar-refractivity contribution in [2.45, 2.75) is 6.54 Å². The zero-order valence-electron chi connectivity index (χ0n) is 19.8. The first-order valence-electron chi connectivity index (χ1n) is 11.5. The van der Waals surface area contributed by atoms with Gasteiger partial charge in [-0.25, -0.2) is 4.39 Å². The largest absolute Gasteiger partial charge is 0.459 e. The number of nitro groups is 1. The minimum absolute atomic E-state index is 0.0613. The average Bonchev–Trinajstić information content (AvgIpc) is 3.39. The van der Waals surface area contributed by atoms with Crippen molar-refractivity contribution >= 4 is 40.8 Å². The molecule has 194 valence electrons. The Morgan fingerprint density at radius 3 is 2.63 bits per heavy atom. The van der Waals surface area contributed by atoms with Crippen molar-refractivity contribution in [1.29, 1.82) is 0 Å². The molecule has 0 amide bonds. The van der Waals surface area contributed by atoms with E-state index in [1.54, 1.807) is 24.3 Å². The fourth-order valence-corrected chi connectivity index (χ4v) is 3.82. The molecule has 2 aromatic heterocycles. The van der Waals surface area contributed by atoms with Crippen LogP contribution in [0.1, 0.15) is 5.76 Å². The Hall–Kier alpha value is -4.49. The van der Waals surface area contributed by atoms with Crippen molar-refractivity contribution in [3.8, 4) is 11.3 Å². The van der Waals surface area contributed by atoms with Crippen LogP contribution in [0.3, 0.4) is 0 Å². The smallest absolute Gasteiger partial charge is 0.275 e. The lowest BCUT2D eigenvalue weighted by Crippen LogP contribution is -2.37. The van der Waals surface area contributed by atoms with Gasteiger partial charge in [0.05, 0.1) is 23.2 Å². The molecule has 2 aromatic carbocycles. The van der Waals surface area contributed by atoms with Crippen LogP contribution in [0.25, 0.3) is 11.3 Å². The Kier molecular flexibility index (Phi) is 7.47. The van der Waals surface area contributed by atoms with Gasteiger partial charge >= 0.3 is 0 Å². The van der Waals surface area contributed by atoms with Crippen LogP contribution < -0.4 is 10.2 Å². The maximum Gasteiger partial charge on any atom is 0.275 e. The van der Waals surface area contributed by atoms with Crippen molar-refractivity contribution in [2.24, 2.45) is 10.2 Å². The monoisotopic (exact) mass is 538 g/mol. The van der Waals surface area contributed by atoms with Crippen LogP contribution >= 0.6 is 11.6 Å². The highest BCUT2D eigenvalue weighted by atomic mass is 35.5. The molecule has 14 heteroatoms. The zero-order chi connectivity index (χ0) is 26.5. The van der Waals surface area contributed by atoms with E-state index < -0.39 is 4.92 Å². The van der Waals surface area contributed by atoms with E-state index in [1.807, 2.05) is 4.90 Å². The summed E-state index contributed by atoms with van der Waals surface area (Å²) in [7, 11) is 0. The quantitative estimate of drug-likeness (QED) is 0.170. The van der Waals surface area contributed by atoms with Gasteiger partial charge in [0.15, 0.2) is 0 Å². The van der Waals surface area contributed by atoms with E-state index in [-0.39, 0.29) is 29.9 Å². The Bertz CT molecular complexity index is 1470. The number of benzene rings is 2. The predicted molar refractivity (Wildman–Crippen MR) is 137 cm³/mol. The third kappa shape index (κ3) is 6.07. The first-order valence-corrected chi connectivity index (χ1v) is 11.8. The Morgan fingerprint density at radius 1 is 1.08 bits per heavy atom. The molecule has 38 heavy (non-hydrogen) atoms. The highest BCUT2D eigenvalue weighted by Crippen LogP contribution is 2.33. The molecule has 0 atom stereocenters. The number of hydrogen-bond donors (Lipinski definition) is 1. The molecule has 1 saturated heterocycles. The highest BCUT2D eigenvalue weighted by molar-refractivity contribution is 6.33. The van der Waals surface area contributed by atoms with E-state index in [4.69, 9.17) is 20.8 Å². The molecule has 0 aliphatic carbocycles. The van der Waals surface area contributed by atoms with Gasteiger partial charge in [-0.3, -0.25) is 10.1 Å². The predicted octanol–water partition coefficient (Wildman–Crippen LogP) is 5.70. The molecular weight excluding hydrogens is 519 g/mol. The SMILES string of the molecule is O=[N+]([O-])c1ccc(Cl)c(-c2ccc(CN=Nc3nc(Nc4ccc(F)cc4)nc(N4CCOCC4)n3)o2)c1. The van der Waals surface area contributed by atoms with Crippen LogP contribution in [-0.4, -0.2) is 46.2 Å². The van der Waals surface area contributed by atoms with Gasteiger partial charge in [0.2, 0.25) is 11.9 Å². The number of halogens is 2. The molecule has 0 radical (unpaired) electrons. The number of morpholine rings is 1. The molecule has 0 unspecified atom stereocenters. The first-order chi connectivity index (χ1) is 18.4. The van der Waals surface area contributed by atoms with Crippen LogP contribution in [0.2, 0.25) is 5.02 Å². The summed E-state index contributed by atoms with van der Waals surface area (Å²) in [5, 5.41) is 22.7. The topological polar surface area (TPSA) is 144 Å². The molecular formula is C24H20ClFN8O4. The van der Waals surface area contributed by atoms with E-state index in [9.17, 15) is 14.5 Å². The number of rotatable bonds is 8. The van der Waals surface area contributed by atoms with Gasteiger partial charge in [-0.2, -0.15) is 20.1 Å². The molecule has 1 aliphatic heterocycles. The number of nitrogens with zero attached hydrogens (tertiary/aromatic N) is 7. The highest BCUT2D eigenvalue weighted by Gasteiger charge is 2.17. The van der Waals surface area contributed by atoms with E-state index in [0.717, 1.165) is 0 Å². The summed E-state index contributed by atoms with van der Waals surface area (Å²) < 4.78 is 24.5. The number of ether oxygens (including phenoxy) is 1. The molecule has 1 aliphatic rings. The summed E-state index contributed by atoms with van der Waals surface area (Å²) in [5.74, 6) is 1.16. The minimum atomic E-state index is -0.503. The molecule has 0 saturated carbocycles. The number of furan rings is 1. The Labute approximate surface area is 220 Å². The van der Waals surface area contributed by atoms with E-state index >= 15 is 0 Å². The lowest BCUT2D eigenvalue weighted by atomic mass is 10.1. The standard InChI is InChI=1S/C24H20ClFN8O4/c25-20-7-5-17(34(35)36)13-19(20)21-8-6-18(38-21)14-27-32-23-29-22(28-16-3-1-15(26)2-4-16)30-24(31-23)33-9-11-37-12-10-33/h1-8,13H,9-12,14H2,(H,28,29,30,31). The molecule has 1 fully saturated rings. The third-order valence-corrected chi connectivity index (χ3v) is 5.81. The normalized spacial score (nSPS) is 13.7. The molecule has 12 nitrogen and oxygen atoms in total. The summed E-state index contributed by atoms with van der Waals surface area (Å²) >= 11 is 6.21. The summed E-state index contributed by atoms with van der Waals surface area (Å²) in [5.41, 5.74) is 0.891. The second-order valence-corrected chi connectivity index (χ2v) is 8.48. The van der Waals surface area contributed by atoms with Gasteiger partial charge < -0.3 is 19.4 Å². The molecule has 0 spiro atoms. The van der Waals surface area contributed by atoms with Gasteiger partial charge in [-0.1, -0.05) is 11.6 Å². The van der Waals surface area contributed by atoms with Gasteiger partial charge in [-0.05, 0) is 42.5 Å². The van der Waals surface area contributed by atoms with E-state index in [1.165, 1.54) is 30.3 Å². The van der Waals surface area contributed by atoms with Gasteiger partial charge in [0.1, 0.15) is 23.9 Å². The number of aromatic nitrogens is 3. The zero-order valence-corrected chi connectivity index (χ0v) is 20.5. The van der Waals surface area contributed by atoms with Gasteiger partial charge in [0, 0.05) is 36.5 Å². The molecule has 1 N–H and O–H groups in total. The lowest BCUT2D eigenvalue weighted by Gasteiger charge is -2.26. The first kappa shape index (κ1) is 25.2. The second kappa shape index (κ2) is 11.3. The van der Waals surface area contributed by atoms with Crippen molar-refractivity contribution < 1.29 is 18.5 Å². The molecule has 5 rings (SSSR count). The summed E-state index contributed by atoms with van der Waals surface area (Å²) in [6.45, 7) is 2.35. The van der Waals surface area contributed by atoms with Crippen LogP contribution in [0.4, 0.5) is 33.6 Å². The molecule has 3 heterocycles. The van der Waals surface area contributed by atoms with Crippen molar-refractivity contribution in [1.82, 2.24) is 15.0 Å². The summed E-state index contributed by atoms with van der Waals surface area (Å²) in [4.78, 5) is 25.7. The number of azo groups is 1. The van der Waals surface area contributed by atoms with Crippen molar-refractivity contribution in [3.05, 3.63) is 81.3 Å². The molecule has 0 bridgehead atoms. The fourth-order valence-electron chi connectivity index (χ4n) is 3.61. The molecule has 4 aromatic rings. The number of nitro benzene ring substituents is 1. The van der Waals surface area contributed by atoms with Crippen LogP contribution in [0.15, 0.2) is 69.2 Å². The average molecular weight is 539 g/mol. The summed E-state index contributed by atoms with van der Waals surface area (Å²) in [6.07, 6.45) is 0. The minimum Gasteiger partial charge on any atom is -0.459 e. The Morgan fingerprint density at radius 2 is 1.87 bits per heavy atom. The van der Waals surface area contributed by atoms with Crippen molar-refractivity contribution in [3.63, 3.8) is 0 Å². The number of nitrogens with one attached hydrogen (secondary N) is 1. The van der Waals surface area contributed by atoms with Crippen LogP contribution in [0, 0.1) is 15.9 Å². The maximum atomic E-state index is 13.3. The lowest BCUT2D eigenvalue weighted by molar-refractivity contribution is -0.384. The van der Waals surface area contributed by atoms with Gasteiger partial charge in [-0.15, -0.1) is 5.11 Å². The number of anilines is 3. The van der Waals surface area contributed by atoms with Crippen LogP contribution in [-0.2, 0) is 11.3 Å². The van der Waals surface area contributed by atoms with Gasteiger partial charge in [0.25, 0.3) is 11.6 Å². The number of non-ortho nitro benzene ring substituents is 1. The number of hydrogen-bond acceptors (Lipinski definition) is 11. The second-order valence-electron chi connectivity index (χ2n) is 8.08. The third-order valence-electron chi connectivity index (χ3n) is 5.48. The maximum absolute atomic E-state index is 13.3. The van der Waals surface area contributed by atoms with Crippen LogP contribution in [0.5, 0.6) is 0 Å². The Balaban J connectivity index is 1.35. The summed E-state index contributed by atoms with van der Waals surface area (Å²) in [6, 6.07) is 13.2.